The van der Waals surface area contributed by atoms with Gasteiger partial charge in [0.25, 0.3) is 0 Å². The first-order valence-electron chi connectivity index (χ1n) is 9.88. The van der Waals surface area contributed by atoms with Crippen LogP contribution in [0.5, 0.6) is 0 Å². The standard InChI is InChI=1S/C25H15BrN2O2S/c1-12-27-23-18(31-12)10-9-17-20(23)19(13-5-4-6-14(26)11-13)21-22(28-17)15-7-2-3-8-16(15)24(29)25(21)30/h2-11,19,28H,1H3. The van der Waals surface area contributed by atoms with Crippen molar-refractivity contribution in [3.63, 3.8) is 0 Å². The summed E-state index contributed by atoms with van der Waals surface area (Å²) in [5.74, 6) is -1.30. The first-order valence-corrected chi connectivity index (χ1v) is 11.5. The lowest BCUT2D eigenvalue weighted by Crippen LogP contribution is -2.32. The summed E-state index contributed by atoms with van der Waals surface area (Å²) in [7, 11) is 0. The molecule has 1 atom stereocenters. The van der Waals surface area contributed by atoms with Gasteiger partial charge in [-0.3, -0.25) is 9.59 Å². The van der Waals surface area contributed by atoms with Crippen LogP contribution in [0, 0.1) is 6.92 Å². The SMILES string of the molecule is Cc1nc2c3c(ccc2s1)NC1=C(C(=O)C(=O)c2ccccc21)C3c1cccc(Br)c1. The fourth-order valence-corrected chi connectivity index (χ4v) is 5.90. The van der Waals surface area contributed by atoms with Crippen LogP contribution in [-0.4, -0.2) is 16.6 Å². The number of nitrogens with zero attached hydrogens (tertiary/aromatic N) is 1. The average molecular weight is 487 g/mol. The van der Waals surface area contributed by atoms with E-state index in [2.05, 4.69) is 27.3 Å². The highest BCUT2D eigenvalue weighted by Gasteiger charge is 2.42. The minimum absolute atomic E-state index is 0.390. The summed E-state index contributed by atoms with van der Waals surface area (Å²) in [6.45, 7) is 1.98. The van der Waals surface area contributed by atoms with Gasteiger partial charge in [0.15, 0.2) is 0 Å². The quantitative estimate of drug-likeness (QED) is 0.330. The fraction of sp³-hybridized carbons (Fsp3) is 0.0800. The number of benzene rings is 3. The van der Waals surface area contributed by atoms with Crippen molar-refractivity contribution in [2.75, 3.05) is 5.32 Å². The molecule has 1 N–H and O–H groups in total. The van der Waals surface area contributed by atoms with Gasteiger partial charge in [-0.05, 0) is 36.8 Å². The number of thiazole rings is 1. The molecule has 1 aromatic heterocycles. The van der Waals surface area contributed by atoms with Gasteiger partial charge >= 0.3 is 0 Å². The number of Topliss-reactive ketones (excluding diaryl/α,β-unsaturated/α-hetero) is 2. The molecule has 1 aliphatic carbocycles. The Morgan fingerprint density at radius 2 is 1.77 bits per heavy atom. The van der Waals surface area contributed by atoms with E-state index >= 15 is 0 Å². The summed E-state index contributed by atoms with van der Waals surface area (Å²) < 4.78 is 1.99. The third-order valence-corrected chi connectivity index (χ3v) is 7.32. The predicted molar refractivity (Wildman–Crippen MR) is 127 cm³/mol. The van der Waals surface area contributed by atoms with Crippen LogP contribution in [0.4, 0.5) is 5.69 Å². The zero-order valence-electron chi connectivity index (χ0n) is 16.4. The fourth-order valence-electron chi connectivity index (χ4n) is 4.64. The molecular formula is C25H15BrN2O2S. The van der Waals surface area contributed by atoms with Gasteiger partial charge in [-0.1, -0.05) is 52.3 Å². The second-order valence-corrected chi connectivity index (χ2v) is 9.86. The molecule has 0 fully saturated rings. The molecule has 0 bridgehead atoms. The summed E-state index contributed by atoms with van der Waals surface area (Å²) in [6, 6.07) is 19.4. The van der Waals surface area contributed by atoms with Crippen LogP contribution in [0.15, 0.2) is 70.7 Å². The van der Waals surface area contributed by atoms with E-state index in [0.29, 0.717) is 16.8 Å². The van der Waals surface area contributed by atoms with Gasteiger partial charge in [0, 0.05) is 38.3 Å². The minimum Gasteiger partial charge on any atom is -0.354 e. The van der Waals surface area contributed by atoms with Crippen LogP contribution in [-0.2, 0) is 4.79 Å². The topological polar surface area (TPSA) is 59.1 Å². The first-order chi connectivity index (χ1) is 15.0. The highest BCUT2D eigenvalue weighted by Crippen LogP contribution is 2.50. The Labute approximate surface area is 190 Å². The van der Waals surface area contributed by atoms with Crippen LogP contribution < -0.4 is 5.32 Å². The molecule has 31 heavy (non-hydrogen) atoms. The van der Waals surface area contributed by atoms with Gasteiger partial charge in [0.1, 0.15) is 0 Å². The van der Waals surface area contributed by atoms with Crippen molar-refractivity contribution in [3.8, 4) is 0 Å². The summed E-state index contributed by atoms with van der Waals surface area (Å²) in [4.78, 5) is 31.3. The molecule has 6 rings (SSSR count). The van der Waals surface area contributed by atoms with Crippen LogP contribution in [0.1, 0.15) is 38.0 Å². The van der Waals surface area contributed by atoms with Crippen molar-refractivity contribution in [3.05, 3.63) is 98.0 Å². The number of halogens is 1. The average Bonchev–Trinajstić information content (AvgIpc) is 3.16. The van der Waals surface area contributed by atoms with Gasteiger partial charge in [-0.15, -0.1) is 11.3 Å². The molecule has 0 saturated heterocycles. The molecule has 2 aliphatic rings. The molecule has 3 aromatic carbocycles. The maximum Gasteiger partial charge on any atom is 0.233 e. The Balaban J connectivity index is 1.73. The van der Waals surface area contributed by atoms with Crippen molar-refractivity contribution >= 4 is 60.4 Å². The third-order valence-electron chi connectivity index (χ3n) is 5.89. The van der Waals surface area contributed by atoms with Gasteiger partial charge in [-0.2, -0.15) is 0 Å². The van der Waals surface area contributed by atoms with E-state index in [1.54, 1.807) is 23.5 Å². The minimum atomic E-state index is -0.458. The Hall–Kier alpha value is -3.09. The highest BCUT2D eigenvalue weighted by molar-refractivity contribution is 9.10. The van der Waals surface area contributed by atoms with E-state index < -0.39 is 17.5 Å². The van der Waals surface area contributed by atoms with Crippen molar-refractivity contribution in [1.29, 1.82) is 0 Å². The largest absolute Gasteiger partial charge is 0.354 e. The number of aromatic nitrogens is 1. The monoisotopic (exact) mass is 486 g/mol. The number of rotatable bonds is 1. The normalized spacial score (nSPS) is 17.3. The molecule has 0 saturated carbocycles. The molecule has 150 valence electrons. The van der Waals surface area contributed by atoms with Gasteiger partial charge in [0.05, 0.1) is 20.9 Å². The molecule has 6 heteroatoms. The number of allylic oxidation sites excluding steroid dienone is 1. The smallest absolute Gasteiger partial charge is 0.233 e. The number of aryl methyl sites for hydroxylation is 1. The summed E-state index contributed by atoms with van der Waals surface area (Å²) >= 11 is 5.19. The highest BCUT2D eigenvalue weighted by atomic mass is 79.9. The first kappa shape index (κ1) is 18.7. The molecule has 0 amide bonds. The zero-order chi connectivity index (χ0) is 21.3. The maximum absolute atomic E-state index is 13.5. The predicted octanol–water partition coefficient (Wildman–Crippen LogP) is 6.10. The number of anilines is 1. The Morgan fingerprint density at radius 1 is 0.968 bits per heavy atom. The molecular weight excluding hydrogens is 472 g/mol. The number of carbonyl (C=O) groups excluding carboxylic acids is 2. The Morgan fingerprint density at radius 3 is 2.58 bits per heavy atom. The van der Waals surface area contributed by atoms with Crippen LogP contribution in [0.2, 0.25) is 0 Å². The number of nitrogens with one attached hydrogen (secondary N) is 1. The van der Waals surface area contributed by atoms with Crippen LogP contribution in [0.3, 0.4) is 0 Å². The van der Waals surface area contributed by atoms with E-state index in [1.807, 2.05) is 49.4 Å². The third kappa shape index (κ3) is 2.68. The van der Waals surface area contributed by atoms with E-state index in [9.17, 15) is 9.59 Å². The van der Waals surface area contributed by atoms with Crippen molar-refractivity contribution in [2.45, 2.75) is 12.8 Å². The number of carbonyl (C=O) groups is 2. The van der Waals surface area contributed by atoms with Gasteiger partial charge in [-0.25, -0.2) is 4.98 Å². The molecule has 1 aliphatic heterocycles. The van der Waals surface area contributed by atoms with E-state index in [-0.39, 0.29) is 0 Å². The number of hydrogen-bond acceptors (Lipinski definition) is 5. The van der Waals surface area contributed by atoms with Gasteiger partial charge < -0.3 is 5.32 Å². The molecule has 1 unspecified atom stereocenters. The van der Waals surface area contributed by atoms with Crippen molar-refractivity contribution in [1.82, 2.24) is 4.98 Å². The zero-order valence-corrected chi connectivity index (χ0v) is 18.8. The van der Waals surface area contributed by atoms with E-state index in [1.165, 1.54) is 0 Å². The summed E-state index contributed by atoms with van der Waals surface area (Å²) in [5, 5.41) is 4.45. The van der Waals surface area contributed by atoms with Crippen LogP contribution >= 0.6 is 27.3 Å². The molecule has 4 nitrogen and oxygen atoms in total. The van der Waals surface area contributed by atoms with Crippen molar-refractivity contribution < 1.29 is 9.59 Å². The summed E-state index contributed by atoms with van der Waals surface area (Å²) in [6.07, 6.45) is 0. The lowest BCUT2D eigenvalue weighted by Gasteiger charge is -2.34. The Kier molecular flexibility index (Phi) is 4.04. The maximum atomic E-state index is 13.5. The summed E-state index contributed by atoms with van der Waals surface area (Å²) in [5.41, 5.74) is 6.10. The number of fused-ring (bicyclic) bond motifs is 5. The number of ketones is 2. The molecule has 4 aromatic rings. The van der Waals surface area contributed by atoms with Gasteiger partial charge in [0.2, 0.25) is 11.6 Å². The van der Waals surface area contributed by atoms with Crippen molar-refractivity contribution in [2.24, 2.45) is 0 Å². The number of hydrogen-bond donors (Lipinski definition) is 1. The van der Waals surface area contributed by atoms with Crippen LogP contribution in [0.25, 0.3) is 15.9 Å². The molecule has 0 spiro atoms. The lowest BCUT2D eigenvalue weighted by atomic mass is 9.73. The molecule has 0 radical (unpaired) electrons. The second kappa shape index (κ2) is 6.70. The lowest BCUT2D eigenvalue weighted by molar-refractivity contribution is -0.112. The molecule has 2 heterocycles. The van der Waals surface area contributed by atoms with E-state index in [4.69, 9.17) is 4.98 Å². The second-order valence-electron chi connectivity index (χ2n) is 7.71. The Bertz CT molecular complexity index is 1480. The van der Waals surface area contributed by atoms with E-state index in [0.717, 1.165) is 42.1 Å².